The number of aromatic nitrogens is 3. The van der Waals surface area contributed by atoms with Gasteiger partial charge in [0.2, 0.25) is 0 Å². The highest BCUT2D eigenvalue weighted by atomic mass is 35.5. The molecule has 5 nitrogen and oxygen atoms in total. The van der Waals surface area contributed by atoms with Gasteiger partial charge in [0.25, 0.3) is 5.91 Å². The van der Waals surface area contributed by atoms with Crippen LogP contribution in [0.3, 0.4) is 0 Å². The van der Waals surface area contributed by atoms with Crippen molar-refractivity contribution in [1.82, 2.24) is 14.8 Å². The number of anilines is 1. The molecule has 0 atom stereocenters. The number of amides is 1. The summed E-state index contributed by atoms with van der Waals surface area (Å²) in [5.41, 5.74) is 2.79. The zero-order valence-corrected chi connectivity index (χ0v) is 13.9. The summed E-state index contributed by atoms with van der Waals surface area (Å²) >= 11 is 6.08. The highest BCUT2D eigenvalue weighted by Gasteiger charge is 2.13. The smallest absolute Gasteiger partial charge is 0.257 e. The molecule has 6 heteroatoms. The van der Waals surface area contributed by atoms with Gasteiger partial charge in [0.15, 0.2) is 5.65 Å². The van der Waals surface area contributed by atoms with Gasteiger partial charge in [-0.3, -0.25) is 4.79 Å². The van der Waals surface area contributed by atoms with Gasteiger partial charge in [0.05, 0.1) is 11.8 Å². The summed E-state index contributed by atoms with van der Waals surface area (Å²) in [5, 5.41) is 8.64. The predicted molar refractivity (Wildman–Crippen MR) is 92.1 cm³/mol. The van der Waals surface area contributed by atoms with Crippen molar-refractivity contribution in [2.45, 2.75) is 26.8 Å². The van der Waals surface area contributed by atoms with Crippen molar-refractivity contribution in [3.05, 3.63) is 52.8 Å². The van der Waals surface area contributed by atoms with Gasteiger partial charge in [-0.25, -0.2) is 9.67 Å². The van der Waals surface area contributed by atoms with Gasteiger partial charge >= 0.3 is 0 Å². The van der Waals surface area contributed by atoms with Crippen molar-refractivity contribution in [2.24, 2.45) is 0 Å². The van der Waals surface area contributed by atoms with Gasteiger partial charge in [0.1, 0.15) is 0 Å². The van der Waals surface area contributed by atoms with Crippen molar-refractivity contribution in [1.29, 1.82) is 0 Å². The van der Waals surface area contributed by atoms with E-state index in [4.69, 9.17) is 11.6 Å². The molecule has 0 radical (unpaired) electrons. The van der Waals surface area contributed by atoms with Crippen LogP contribution in [-0.4, -0.2) is 20.7 Å². The Bertz CT molecular complexity index is 885. The quantitative estimate of drug-likeness (QED) is 0.782. The Morgan fingerprint density at radius 3 is 2.83 bits per heavy atom. The Labute approximate surface area is 139 Å². The maximum Gasteiger partial charge on any atom is 0.257 e. The number of nitrogens with one attached hydrogen (secondary N) is 1. The lowest BCUT2D eigenvalue weighted by atomic mass is 10.1. The lowest BCUT2D eigenvalue weighted by Gasteiger charge is -2.10. The molecule has 0 aliphatic rings. The molecule has 1 aromatic carbocycles. The molecule has 0 bridgehead atoms. The summed E-state index contributed by atoms with van der Waals surface area (Å²) in [4.78, 5) is 16.8. The summed E-state index contributed by atoms with van der Waals surface area (Å²) in [7, 11) is 0. The van der Waals surface area contributed by atoms with E-state index in [0.29, 0.717) is 16.3 Å². The number of fused-ring (bicyclic) bond motifs is 1. The van der Waals surface area contributed by atoms with Gasteiger partial charge < -0.3 is 5.32 Å². The molecule has 0 aliphatic heterocycles. The van der Waals surface area contributed by atoms with Gasteiger partial charge in [-0.05, 0) is 44.5 Å². The number of pyridine rings is 1. The van der Waals surface area contributed by atoms with Crippen LogP contribution < -0.4 is 5.32 Å². The fraction of sp³-hybridized carbons (Fsp3) is 0.235. The zero-order valence-electron chi connectivity index (χ0n) is 13.2. The van der Waals surface area contributed by atoms with Crippen molar-refractivity contribution in [3.63, 3.8) is 0 Å². The van der Waals surface area contributed by atoms with Gasteiger partial charge in [-0.1, -0.05) is 17.7 Å². The van der Waals surface area contributed by atoms with E-state index in [9.17, 15) is 4.79 Å². The largest absolute Gasteiger partial charge is 0.322 e. The van der Waals surface area contributed by atoms with Crippen LogP contribution in [0.2, 0.25) is 5.02 Å². The number of halogens is 1. The summed E-state index contributed by atoms with van der Waals surface area (Å²) < 4.78 is 1.83. The fourth-order valence-corrected chi connectivity index (χ4v) is 2.55. The molecule has 2 aromatic heterocycles. The van der Waals surface area contributed by atoms with Crippen LogP contribution in [0.1, 0.15) is 35.8 Å². The maximum absolute atomic E-state index is 12.4. The number of carbonyl (C=O) groups excluding carboxylic acids is 1. The molecule has 0 aliphatic carbocycles. The molecule has 2 heterocycles. The third-order valence-corrected chi connectivity index (χ3v) is 4.11. The molecule has 0 unspecified atom stereocenters. The fourth-order valence-electron chi connectivity index (χ4n) is 2.38. The van der Waals surface area contributed by atoms with Crippen LogP contribution in [0.25, 0.3) is 11.0 Å². The van der Waals surface area contributed by atoms with E-state index in [1.165, 1.54) is 0 Å². The average Bonchev–Trinajstić information content (AvgIpc) is 2.95. The molecule has 1 N–H and O–H groups in total. The first-order chi connectivity index (χ1) is 11.0. The normalized spacial score (nSPS) is 11.2. The number of carbonyl (C=O) groups is 1. The van der Waals surface area contributed by atoms with Crippen LogP contribution in [0, 0.1) is 6.92 Å². The Morgan fingerprint density at radius 1 is 1.30 bits per heavy atom. The van der Waals surface area contributed by atoms with Crippen molar-refractivity contribution >= 4 is 34.2 Å². The molecule has 1 amide bonds. The molecule has 3 aromatic rings. The van der Waals surface area contributed by atoms with E-state index in [-0.39, 0.29) is 11.9 Å². The van der Waals surface area contributed by atoms with E-state index < -0.39 is 0 Å². The Kier molecular flexibility index (Phi) is 4.05. The van der Waals surface area contributed by atoms with Crippen molar-refractivity contribution < 1.29 is 4.79 Å². The molecule has 23 heavy (non-hydrogen) atoms. The Balaban J connectivity index is 1.91. The number of benzene rings is 1. The van der Waals surface area contributed by atoms with Crippen molar-refractivity contribution in [3.8, 4) is 0 Å². The topological polar surface area (TPSA) is 59.8 Å². The maximum atomic E-state index is 12.4. The summed E-state index contributed by atoms with van der Waals surface area (Å²) in [6, 6.07) is 7.43. The van der Waals surface area contributed by atoms with Gasteiger partial charge in [-0.2, -0.15) is 5.10 Å². The molecule has 118 valence electrons. The van der Waals surface area contributed by atoms with Crippen molar-refractivity contribution in [2.75, 3.05) is 5.32 Å². The number of rotatable bonds is 3. The lowest BCUT2D eigenvalue weighted by molar-refractivity contribution is 0.102. The standard InChI is InChI=1S/C17H17ClN4O/c1-10(2)22-16-12(9-20-22)7-13(8-19-16)17(23)21-15-6-4-5-14(18)11(15)3/h4-10H,1-3H3,(H,21,23). The zero-order chi connectivity index (χ0) is 16.6. The van der Waals surface area contributed by atoms with Crippen LogP contribution in [-0.2, 0) is 0 Å². The van der Waals surface area contributed by atoms with Crippen LogP contribution in [0.4, 0.5) is 5.69 Å². The molecule has 0 saturated carbocycles. The van der Waals surface area contributed by atoms with E-state index in [0.717, 1.165) is 16.6 Å². The first kappa shape index (κ1) is 15.5. The molecular weight excluding hydrogens is 312 g/mol. The number of hydrogen-bond acceptors (Lipinski definition) is 3. The SMILES string of the molecule is Cc1c(Cl)cccc1NC(=O)c1cnc2c(cnn2C(C)C)c1. The summed E-state index contributed by atoms with van der Waals surface area (Å²) in [6.45, 7) is 5.94. The average molecular weight is 329 g/mol. The predicted octanol–water partition coefficient (Wildman–Crippen LogP) is 4.23. The Hall–Kier alpha value is -2.40. The minimum Gasteiger partial charge on any atom is -0.322 e. The van der Waals surface area contributed by atoms with Crippen LogP contribution in [0.5, 0.6) is 0 Å². The number of hydrogen-bond donors (Lipinski definition) is 1. The molecule has 0 fully saturated rings. The minimum absolute atomic E-state index is 0.216. The molecule has 0 spiro atoms. The summed E-state index contributed by atoms with van der Waals surface area (Å²) in [5.74, 6) is -0.220. The first-order valence-electron chi connectivity index (χ1n) is 7.37. The monoisotopic (exact) mass is 328 g/mol. The van der Waals surface area contributed by atoms with E-state index in [1.807, 2.05) is 31.5 Å². The minimum atomic E-state index is -0.220. The van der Waals surface area contributed by atoms with E-state index in [2.05, 4.69) is 15.4 Å². The molecular formula is C17H17ClN4O. The second-order valence-corrected chi connectivity index (χ2v) is 6.09. The summed E-state index contributed by atoms with van der Waals surface area (Å²) in [6.07, 6.45) is 3.29. The van der Waals surface area contributed by atoms with Gasteiger partial charge in [-0.15, -0.1) is 0 Å². The lowest BCUT2D eigenvalue weighted by Crippen LogP contribution is -2.13. The highest BCUT2D eigenvalue weighted by molar-refractivity contribution is 6.31. The Morgan fingerprint density at radius 2 is 2.09 bits per heavy atom. The number of nitrogens with zero attached hydrogens (tertiary/aromatic N) is 3. The third-order valence-electron chi connectivity index (χ3n) is 3.70. The van der Waals surface area contributed by atoms with Crippen LogP contribution >= 0.6 is 11.6 Å². The van der Waals surface area contributed by atoms with Crippen LogP contribution in [0.15, 0.2) is 36.7 Å². The van der Waals surface area contributed by atoms with E-state index >= 15 is 0 Å². The highest BCUT2D eigenvalue weighted by Crippen LogP contribution is 2.24. The molecule has 3 rings (SSSR count). The second-order valence-electron chi connectivity index (χ2n) is 5.69. The third kappa shape index (κ3) is 2.92. The van der Waals surface area contributed by atoms with E-state index in [1.54, 1.807) is 30.6 Å². The first-order valence-corrected chi connectivity index (χ1v) is 7.75. The second kappa shape index (κ2) is 6.01. The van der Waals surface area contributed by atoms with Gasteiger partial charge in [0, 0.05) is 28.3 Å². The molecule has 0 saturated heterocycles.